The molecule has 2 aromatic carbocycles. The minimum Gasteiger partial charge on any atom is -0.449 e. The van der Waals surface area contributed by atoms with Gasteiger partial charge in [-0.05, 0) is 69.2 Å². The minimum atomic E-state index is -3.94. The van der Waals surface area contributed by atoms with E-state index >= 15 is 0 Å². The van der Waals surface area contributed by atoms with Crippen LogP contribution in [0.3, 0.4) is 0 Å². The van der Waals surface area contributed by atoms with Crippen molar-refractivity contribution in [1.82, 2.24) is 0 Å². The third-order valence-corrected chi connectivity index (χ3v) is 7.13. The molecule has 1 atom stereocenters. The predicted molar refractivity (Wildman–Crippen MR) is 127 cm³/mol. The molecule has 10 heteroatoms. The van der Waals surface area contributed by atoms with E-state index in [1.807, 2.05) is 4.90 Å². The molecule has 0 aliphatic carbocycles. The Kier molecular flexibility index (Phi) is 6.52. The van der Waals surface area contributed by atoms with E-state index in [1.54, 1.807) is 30.3 Å². The lowest BCUT2D eigenvalue weighted by Gasteiger charge is -2.29. The summed E-state index contributed by atoms with van der Waals surface area (Å²) in [4.78, 5) is 38.3. The van der Waals surface area contributed by atoms with E-state index in [0.717, 1.165) is 19.3 Å². The Morgan fingerprint density at radius 2 is 1.74 bits per heavy atom. The first kappa shape index (κ1) is 23.6. The molecule has 9 nitrogen and oxygen atoms in total. The number of anilines is 2. The predicted octanol–water partition coefficient (Wildman–Crippen LogP) is 3.55. The van der Waals surface area contributed by atoms with Crippen LogP contribution in [0.15, 0.2) is 51.8 Å². The fourth-order valence-electron chi connectivity index (χ4n) is 3.92. The molecule has 2 heterocycles. The molecule has 0 bridgehead atoms. The number of ketones is 1. The van der Waals surface area contributed by atoms with Crippen molar-refractivity contribution in [1.29, 1.82) is 0 Å². The van der Waals surface area contributed by atoms with Crippen LogP contribution in [0.25, 0.3) is 0 Å². The van der Waals surface area contributed by atoms with Crippen molar-refractivity contribution in [3.05, 3.63) is 53.6 Å². The van der Waals surface area contributed by atoms with E-state index in [2.05, 4.69) is 9.71 Å². The number of fused-ring (bicyclic) bond motifs is 3. The van der Waals surface area contributed by atoms with Gasteiger partial charge in [-0.25, -0.2) is 4.79 Å². The van der Waals surface area contributed by atoms with Gasteiger partial charge in [-0.2, -0.15) is 8.42 Å². The number of carbonyl (C=O) groups excluding carboxylic acids is 3. The summed E-state index contributed by atoms with van der Waals surface area (Å²) < 4.78 is 34.8. The number of sulfonamides is 1. The van der Waals surface area contributed by atoms with Crippen molar-refractivity contribution in [2.75, 3.05) is 16.8 Å². The molecule has 1 fully saturated rings. The standard InChI is InChI=1S/C24H25N3O6S/c1-15(28)17-7-10-19(11-8-17)25-23(29)16(2)33-24(30)18-9-12-20-21(14-18)34(31,32)26-22-6-4-3-5-13-27(20)22/h7-12,14,16H,3-6,13H2,1-2H3,(H,25,29)/t16-/m0/s1. The highest BCUT2D eigenvalue weighted by molar-refractivity contribution is 7.90. The van der Waals surface area contributed by atoms with E-state index < -0.39 is 28.0 Å². The quantitative estimate of drug-likeness (QED) is 0.510. The third kappa shape index (κ3) is 4.86. The van der Waals surface area contributed by atoms with Gasteiger partial charge < -0.3 is 15.0 Å². The van der Waals surface area contributed by atoms with Crippen molar-refractivity contribution < 1.29 is 27.5 Å². The van der Waals surface area contributed by atoms with Gasteiger partial charge in [-0.15, -0.1) is 4.40 Å². The summed E-state index contributed by atoms with van der Waals surface area (Å²) in [5.41, 5.74) is 1.48. The molecule has 1 saturated heterocycles. The van der Waals surface area contributed by atoms with Crippen LogP contribution in [0.4, 0.5) is 11.4 Å². The highest BCUT2D eigenvalue weighted by atomic mass is 32.2. The van der Waals surface area contributed by atoms with E-state index in [-0.39, 0.29) is 16.2 Å². The first-order valence-corrected chi connectivity index (χ1v) is 12.5. The van der Waals surface area contributed by atoms with Crippen LogP contribution in [0.2, 0.25) is 0 Å². The Bertz CT molecular complexity index is 1280. The second kappa shape index (κ2) is 9.38. The van der Waals surface area contributed by atoms with Crippen LogP contribution in [-0.2, 0) is 19.6 Å². The van der Waals surface area contributed by atoms with Gasteiger partial charge in [-0.3, -0.25) is 9.59 Å². The molecular weight excluding hydrogens is 458 g/mol. The van der Waals surface area contributed by atoms with E-state index in [4.69, 9.17) is 4.74 Å². The van der Waals surface area contributed by atoms with Crippen LogP contribution in [0, 0.1) is 0 Å². The maximum absolute atomic E-state index is 12.8. The van der Waals surface area contributed by atoms with Crippen molar-refractivity contribution in [2.45, 2.75) is 50.5 Å². The van der Waals surface area contributed by atoms with Crippen molar-refractivity contribution in [2.24, 2.45) is 4.40 Å². The van der Waals surface area contributed by atoms with Gasteiger partial charge in [0.05, 0.1) is 11.3 Å². The van der Waals surface area contributed by atoms with E-state index in [1.165, 1.54) is 26.0 Å². The molecule has 0 unspecified atom stereocenters. The van der Waals surface area contributed by atoms with Crippen LogP contribution in [-0.4, -0.2) is 44.6 Å². The number of amides is 1. The summed E-state index contributed by atoms with van der Waals surface area (Å²) in [5, 5.41) is 2.62. The molecule has 0 aromatic heterocycles. The van der Waals surface area contributed by atoms with Gasteiger partial charge >= 0.3 is 5.97 Å². The first-order chi connectivity index (χ1) is 16.2. The molecule has 178 valence electrons. The number of esters is 1. The maximum Gasteiger partial charge on any atom is 0.338 e. The summed E-state index contributed by atoms with van der Waals surface area (Å²) >= 11 is 0. The fraction of sp³-hybridized carbons (Fsp3) is 0.333. The molecular formula is C24H25N3O6S. The Morgan fingerprint density at radius 1 is 1.03 bits per heavy atom. The van der Waals surface area contributed by atoms with Crippen LogP contribution in [0.1, 0.15) is 60.2 Å². The minimum absolute atomic E-state index is 0.0151. The molecule has 1 amide bonds. The number of ether oxygens (including phenoxy) is 1. The summed E-state index contributed by atoms with van der Waals surface area (Å²) in [5.74, 6) is -0.946. The average Bonchev–Trinajstić information content (AvgIpc) is 3.04. The zero-order valence-corrected chi connectivity index (χ0v) is 19.7. The smallest absolute Gasteiger partial charge is 0.338 e. The van der Waals surface area contributed by atoms with Crippen molar-refractivity contribution in [3.63, 3.8) is 0 Å². The summed E-state index contributed by atoms with van der Waals surface area (Å²) in [6, 6.07) is 10.7. The molecule has 2 aliphatic rings. The van der Waals surface area contributed by atoms with Gasteiger partial charge in [0.2, 0.25) is 0 Å². The number of amidine groups is 1. The number of benzene rings is 2. The highest BCUT2D eigenvalue weighted by Crippen LogP contribution is 2.35. The topological polar surface area (TPSA) is 122 Å². The number of hydrogen-bond acceptors (Lipinski definition) is 7. The molecule has 0 radical (unpaired) electrons. The van der Waals surface area contributed by atoms with Gasteiger partial charge in [0.1, 0.15) is 10.7 Å². The second-order valence-corrected chi connectivity index (χ2v) is 9.87. The molecule has 0 spiro atoms. The Morgan fingerprint density at radius 3 is 2.44 bits per heavy atom. The zero-order valence-electron chi connectivity index (χ0n) is 18.9. The molecule has 2 aliphatic heterocycles. The first-order valence-electron chi connectivity index (χ1n) is 11.0. The summed E-state index contributed by atoms with van der Waals surface area (Å²) in [6.45, 7) is 3.52. The molecule has 2 aromatic rings. The number of rotatable bonds is 5. The molecule has 4 rings (SSSR count). The number of nitrogens with one attached hydrogen (secondary N) is 1. The van der Waals surface area contributed by atoms with Crippen molar-refractivity contribution in [3.8, 4) is 0 Å². The monoisotopic (exact) mass is 483 g/mol. The molecule has 1 N–H and O–H groups in total. The largest absolute Gasteiger partial charge is 0.449 e. The van der Waals surface area contributed by atoms with Crippen LogP contribution in [0.5, 0.6) is 0 Å². The van der Waals surface area contributed by atoms with Gasteiger partial charge in [0.15, 0.2) is 11.9 Å². The molecule has 34 heavy (non-hydrogen) atoms. The van der Waals surface area contributed by atoms with Gasteiger partial charge in [-0.1, -0.05) is 6.42 Å². The lowest BCUT2D eigenvalue weighted by atomic mass is 10.1. The Balaban J connectivity index is 1.48. The molecule has 0 saturated carbocycles. The number of hydrogen-bond donors (Lipinski definition) is 1. The lowest BCUT2D eigenvalue weighted by Crippen LogP contribution is -2.35. The fourth-order valence-corrected chi connectivity index (χ4v) is 5.21. The number of carbonyl (C=O) groups is 3. The van der Waals surface area contributed by atoms with Gasteiger partial charge in [0.25, 0.3) is 15.9 Å². The number of nitrogens with zero attached hydrogens (tertiary/aromatic N) is 2. The Hall–Kier alpha value is -3.53. The van der Waals surface area contributed by atoms with Crippen molar-refractivity contribution >= 4 is 44.9 Å². The second-order valence-electron chi connectivity index (χ2n) is 8.30. The number of Topliss-reactive ketones (excluding diaryl/α,β-unsaturated/α-hetero) is 1. The van der Waals surface area contributed by atoms with Gasteiger partial charge in [0, 0.05) is 24.2 Å². The van der Waals surface area contributed by atoms with Crippen LogP contribution >= 0.6 is 0 Å². The summed E-state index contributed by atoms with van der Waals surface area (Å²) in [6.07, 6.45) is 2.25. The van der Waals surface area contributed by atoms with E-state index in [0.29, 0.717) is 35.7 Å². The zero-order chi connectivity index (χ0) is 24.5. The Labute approximate surface area is 197 Å². The lowest BCUT2D eigenvalue weighted by molar-refractivity contribution is -0.123. The SMILES string of the molecule is CC(=O)c1ccc(NC(=O)[C@H](C)OC(=O)c2ccc3c(c2)S(=O)(=O)N=C2CCCCCN23)cc1. The third-order valence-electron chi connectivity index (χ3n) is 5.80. The van der Waals surface area contributed by atoms with Crippen LogP contribution < -0.4 is 10.2 Å². The maximum atomic E-state index is 12.8. The highest BCUT2D eigenvalue weighted by Gasteiger charge is 2.32. The normalized spacial score (nSPS) is 17.4. The average molecular weight is 484 g/mol. The van der Waals surface area contributed by atoms with E-state index in [9.17, 15) is 22.8 Å². The summed E-state index contributed by atoms with van der Waals surface area (Å²) in [7, 11) is -3.94.